The molecule has 2 rings (SSSR count). The molecule has 76 valence electrons. The molecule has 0 bridgehead atoms. The molecule has 1 aromatic rings. The van der Waals surface area contributed by atoms with Crippen LogP contribution in [0.2, 0.25) is 0 Å². The van der Waals surface area contributed by atoms with Crippen LogP contribution in [-0.2, 0) is 6.54 Å². The van der Waals surface area contributed by atoms with Crippen LogP contribution in [-0.4, -0.2) is 6.54 Å². The number of hydrogen-bond donors (Lipinski definition) is 1. The molecule has 0 heterocycles. The zero-order valence-corrected chi connectivity index (χ0v) is 10.0. The van der Waals surface area contributed by atoms with Crippen LogP contribution in [0.1, 0.15) is 18.9 Å². The number of benzene rings is 1. The van der Waals surface area contributed by atoms with Gasteiger partial charge in [-0.25, -0.2) is 0 Å². The topological polar surface area (TPSA) is 12.0 Å². The van der Waals surface area contributed by atoms with Gasteiger partial charge in [0.15, 0.2) is 0 Å². The standard InChI is InChI=1S/C12H16BrN/c1-9-6-11(9)8-14-7-10-2-4-12(13)5-3-10/h2-5,9,11,14H,6-8H2,1H3/t9-,11+/m1/s1. The molecule has 1 saturated carbocycles. The van der Waals surface area contributed by atoms with Crippen molar-refractivity contribution < 1.29 is 0 Å². The average molecular weight is 254 g/mol. The summed E-state index contributed by atoms with van der Waals surface area (Å²) in [6, 6.07) is 8.51. The van der Waals surface area contributed by atoms with E-state index in [9.17, 15) is 0 Å². The second kappa shape index (κ2) is 4.45. The molecule has 0 aromatic heterocycles. The maximum atomic E-state index is 3.50. The van der Waals surface area contributed by atoms with Crippen molar-refractivity contribution in [2.45, 2.75) is 19.9 Å². The lowest BCUT2D eigenvalue weighted by Gasteiger charge is -2.03. The lowest BCUT2D eigenvalue weighted by Crippen LogP contribution is -2.16. The molecule has 1 aliphatic rings. The molecule has 1 aromatic carbocycles. The first-order valence-electron chi connectivity index (χ1n) is 5.21. The number of halogens is 1. The minimum Gasteiger partial charge on any atom is -0.312 e. The molecule has 1 nitrogen and oxygen atoms in total. The van der Waals surface area contributed by atoms with Crippen molar-refractivity contribution in [3.63, 3.8) is 0 Å². The lowest BCUT2D eigenvalue weighted by molar-refractivity contribution is 0.612. The summed E-state index contributed by atoms with van der Waals surface area (Å²) in [5, 5.41) is 3.50. The van der Waals surface area contributed by atoms with Gasteiger partial charge in [-0.05, 0) is 42.5 Å². The molecule has 0 unspecified atom stereocenters. The summed E-state index contributed by atoms with van der Waals surface area (Å²) < 4.78 is 1.15. The largest absolute Gasteiger partial charge is 0.312 e. The van der Waals surface area contributed by atoms with Crippen LogP contribution in [0, 0.1) is 11.8 Å². The molecule has 0 aliphatic heterocycles. The highest BCUT2D eigenvalue weighted by Gasteiger charge is 2.31. The van der Waals surface area contributed by atoms with Gasteiger partial charge in [-0.15, -0.1) is 0 Å². The van der Waals surface area contributed by atoms with Gasteiger partial charge in [0.1, 0.15) is 0 Å². The third kappa shape index (κ3) is 2.82. The van der Waals surface area contributed by atoms with E-state index in [0.717, 1.165) is 22.9 Å². The van der Waals surface area contributed by atoms with Gasteiger partial charge >= 0.3 is 0 Å². The first kappa shape index (κ1) is 10.2. The summed E-state index contributed by atoms with van der Waals surface area (Å²) in [4.78, 5) is 0. The predicted molar refractivity (Wildman–Crippen MR) is 63.1 cm³/mol. The maximum Gasteiger partial charge on any atom is 0.0205 e. The number of hydrogen-bond acceptors (Lipinski definition) is 1. The highest BCUT2D eigenvalue weighted by molar-refractivity contribution is 9.10. The highest BCUT2D eigenvalue weighted by Crippen LogP contribution is 2.36. The Morgan fingerprint density at radius 3 is 2.57 bits per heavy atom. The average Bonchev–Trinajstić information content (AvgIpc) is 2.86. The summed E-state index contributed by atoms with van der Waals surface area (Å²) in [7, 11) is 0. The Labute approximate surface area is 94.0 Å². The van der Waals surface area contributed by atoms with Gasteiger partial charge < -0.3 is 5.32 Å². The third-order valence-corrected chi connectivity index (χ3v) is 3.45. The molecule has 0 saturated heterocycles. The molecule has 1 N–H and O–H groups in total. The smallest absolute Gasteiger partial charge is 0.0205 e. The zero-order chi connectivity index (χ0) is 9.97. The fourth-order valence-corrected chi connectivity index (χ4v) is 1.95. The quantitative estimate of drug-likeness (QED) is 0.870. The van der Waals surface area contributed by atoms with Gasteiger partial charge in [0.05, 0.1) is 0 Å². The summed E-state index contributed by atoms with van der Waals surface area (Å²) in [6.45, 7) is 4.50. The van der Waals surface area contributed by atoms with Crippen molar-refractivity contribution in [1.29, 1.82) is 0 Å². The van der Waals surface area contributed by atoms with Crippen LogP contribution in [0.15, 0.2) is 28.7 Å². The number of nitrogens with one attached hydrogen (secondary N) is 1. The molecule has 2 atom stereocenters. The second-order valence-electron chi connectivity index (χ2n) is 4.23. The van der Waals surface area contributed by atoms with E-state index in [1.807, 2.05) is 0 Å². The Balaban J connectivity index is 1.72. The lowest BCUT2D eigenvalue weighted by atomic mass is 10.2. The molecule has 1 fully saturated rings. The first-order valence-corrected chi connectivity index (χ1v) is 6.00. The Bertz CT molecular complexity index is 294. The van der Waals surface area contributed by atoms with Crippen molar-refractivity contribution in [2.75, 3.05) is 6.54 Å². The van der Waals surface area contributed by atoms with Gasteiger partial charge in [-0.3, -0.25) is 0 Å². The zero-order valence-electron chi connectivity index (χ0n) is 8.46. The molecule has 1 aliphatic carbocycles. The first-order chi connectivity index (χ1) is 6.75. The Morgan fingerprint density at radius 1 is 1.36 bits per heavy atom. The third-order valence-electron chi connectivity index (χ3n) is 2.93. The van der Waals surface area contributed by atoms with Gasteiger partial charge in [0.2, 0.25) is 0 Å². The van der Waals surface area contributed by atoms with E-state index in [1.54, 1.807) is 0 Å². The summed E-state index contributed by atoms with van der Waals surface area (Å²) in [6.07, 6.45) is 1.41. The second-order valence-corrected chi connectivity index (χ2v) is 5.15. The number of rotatable bonds is 4. The van der Waals surface area contributed by atoms with Crippen LogP contribution in [0.25, 0.3) is 0 Å². The van der Waals surface area contributed by atoms with Crippen molar-refractivity contribution in [3.05, 3.63) is 34.3 Å². The minimum absolute atomic E-state index is 0.936. The molecule has 14 heavy (non-hydrogen) atoms. The van der Waals surface area contributed by atoms with Gasteiger partial charge in [0, 0.05) is 11.0 Å². The SMILES string of the molecule is C[C@@H]1C[C@H]1CNCc1ccc(Br)cc1. The van der Waals surface area contributed by atoms with Crippen LogP contribution in [0.4, 0.5) is 0 Å². The van der Waals surface area contributed by atoms with Crippen LogP contribution < -0.4 is 5.32 Å². The summed E-state index contributed by atoms with van der Waals surface area (Å²) in [5.41, 5.74) is 1.36. The normalized spacial score (nSPS) is 25.0. The van der Waals surface area contributed by atoms with E-state index in [4.69, 9.17) is 0 Å². The Hall–Kier alpha value is -0.340. The fraction of sp³-hybridized carbons (Fsp3) is 0.500. The summed E-state index contributed by atoms with van der Waals surface area (Å²) >= 11 is 3.43. The molecule has 2 heteroatoms. The molecule has 0 spiro atoms. The minimum atomic E-state index is 0.936. The van der Waals surface area contributed by atoms with E-state index in [2.05, 4.69) is 52.4 Å². The van der Waals surface area contributed by atoms with Gasteiger partial charge in [-0.2, -0.15) is 0 Å². The van der Waals surface area contributed by atoms with Crippen molar-refractivity contribution in [1.82, 2.24) is 5.32 Å². The Morgan fingerprint density at radius 2 is 2.00 bits per heavy atom. The predicted octanol–water partition coefficient (Wildman–Crippen LogP) is 3.19. The van der Waals surface area contributed by atoms with E-state index in [1.165, 1.54) is 18.5 Å². The molecule has 0 radical (unpaired) electrons. The van der Waals surface area contributed by atoms with Gasteiger partial charge in [-0.1, -0.05) is 35.0 Å². The molecular weight excluding hydrogens is 238 g/mol. The van der Waals surface area contributed by atoms with Crippen LogP contribution in [0.5, 0.6) is 0 Å². The fourth-order valence-electron chi connectivity index (χ4n) is 1.69. The van der Waals surface area contributed by atoms with Gasteiger partial charge in [0.25, 0.3) is 0 Å². The Kier molecular flexibility index (Phi) is 3.24. The molecule has 0 amide bonds. The van der Waals surface area contributed by atoms with E-state index in [0.29, 0.717) is 0 Å². The van der Waals surface area contributed by atoms with Crippen LogP contribution >= 0.6 is 15.9 Å². The summed E-state index contributed by atoms with van der Waals surface area (Å²) in [5.74, 6) is 1.89. The van der Waals surface area contributed by atoms with E-state index >= 15 is 0 Å². The van der Waals surface area contributed by atoms with Crippen LogP contribution in [0.3, 0.4) is 0 Å². The molecular formula is C12H16BrN. The van der Waals surface area contributed by atoms with Crippen molar-refractivity contribution in [3.8, 4) is 0 Å². The highest BCUT2D eigenvalue weighted by atomic mass is 79.9. The monoisotopic (exact) mass is 253 g/mol. The van der Waals surface area contributed by atoms with Crippen molar-refractivity contribution >= 4 is 15.9 Å². The maximum absolute atomic E-state index is 3.50. The van der Waals surface area contributed by atoms with E-state index < -0.39 is 0 Å². The van der Waals surface area contributed by atoms with E-state index in [-0.39, 0.29) is 0 Å². The van der Waals surface area contributed by atoms with Crippen molar-refractivity contribution in [2.24, 2.45) is 11.8 Å².